The monoisotopic (exact) mass is 253 g/mol. The highest BCUT2D eigenvalue weighted by atomic mass is 16.4. The smallest absolute Gasteiger partial charge is 0.306 e. The van der Waals surface area contributed by atoms with E-state index in [9.17, 15) is 9.59 Å². The van der Waals surface area contributed by atoms with Gasteiger partial charge in [0.25, 0.3) is 5.91 Å². The fourth-order valence-corrected chi connectivity index (χ4v) is 1.59. The third-order valence-corrected chi connectivity index (χ3v) is 2.72. The summed E-state index contributed by atoms with van der Waals surface area (Å²) in [7, 11) is 0. The van der Waals surface area contributed by atoms with Gasteiger partial charge in [-0.3, -0.25) is 14.3 Å². The SMILES string of the molecule is CCn1nc(C)cc1C(=O)NCCC(C)C(=O)O. The molecule has 1 heterocycles. The van der Waals surface area contributed by atoms with Crippen molar-refractivity contribution in [1.82, 2.24) is 15.1 Å². The Hall–Kier alpha value is -1.85. The van der Waals surface area contributed by atoms with Gasteiger partial charge in [-0.05, 0) is 26.3 Å². The summed E-state index contributed by atoms with van der Waals surface area (Å²) >= 11 is 0. The van der Waals surface area contributed by atoms with Crippen LogP contribution in [-0.4, -0.2) is 33.3 Å². The van der Waals surface area contributed by atoms with Gasteiger partial charge in [0, 0.05) is 13.1 Å². The lowest BCUT2D eigenvalue weighted by molar-refractivity contribution is -0.141. The highest BCUT2D eigenvalue weighted by molar-refractivity contribution is 5.92. The maximum atomic E-state index is 11.9. The summed E-state index contributed by atoms with van der Waals surface area (Å²) in [4.78, 5) is 22.5. The molecular formula is C12H19N3O3. The first kappa shape index (κ1) is 14.2. The molecule has 1 amide bonds. The van der Waals surface area contributed by atoms with Crippen molar-refractivity contribution >= 4 is 11.9 Å². The Labute approximate surface area is 106 Å². The standard InChI is InChI=1S/C12H19N3O3/c1-4-15-10(7-9(3)14-15)11(16)13-6-5-8(2)12(17)18/h7-8H,4-6H2,1-3H3,(H,13,16)(H,17,18). The fourth-order valence-electron chi connectivity index (χ4n) is 1.59. The molecule has 0 saturated carbocycles. The van der Waals surface area contributed by atoms with E-state index in [0.29, 0.717) is 25.2 Å². The van der Waals surface area contributed by atoms with Gasteiger partial charge in [-0.2, -0.15) is 5.10 Å². The topological polar surface area (TPSA) is 84.2 Å². The van der Waals surface area contributed by atoms with Crippen molar-refractivity contribution in [3.63, 3.8) is 0 Å². The molecule has 18 heavy (non-hydrogen) atoms. The zero-order chi connectivity index (χ0) is 13.7. The van der Waals surface area contributed by atoms with Crippen molar-refractivity contribution in [1.29, 1.82) is 0 Å². The van der Waals surface area contributed by atoms with Crippen molar-refractivity contribution in [2.45, 2.75) is 33.7 Å². The van der Waals surface area contributed by atoms with Crippen LogP contribution in [0.15, 0.2) is 6.07 Å². The van der Waals surface area contributed by atoms with Gasteiger partial charge in [-0.1, -0.05) is 6.92 Å². The molecular weight excluding hydrogens is 234 g/mol. The number of carboxylic acids is 1. The second-order valence-electron chi connectivity index (χ2n) is 4.27. The number of rotatable bonds is 6. The lowest BCUT2D eigenvalue weighted by Crippen LogP contribution is -2.29. The van der Waals surface area contributed by atoms with Crippen molar-refractivity contribution in [3.8, 4) is 0 Å². The van der Waals surface area contributed by atoms with E-state index in [1.165, 1.54) is 0 Å². The van der Waals surface area contributed by atoms with Gasteiger partial charge >= 0.3 is 5.97 Å². The molecule has 1 unspecified atom stereocenters. The summed E-state index contributed by atoms with van der Waals surface area (Å²) < 4.78 is 1.63. The predicted molar refractivity (Wildman–Crippen MR) is 66.4 cm³/mol. The van der Waals surface area contributed by atoms with Crippen molar-refractivity contribution in [2.75, 3.05) is 6.54 Å². The highest BCUT2D eigenvalue weighted by Crippen LogP contribution is 2.04. The summed E-state index contributed by atoms with van der Waals surface area (Å²) in [5.41, 5.74) is 1.30. The van der Waals surface area contributed by atoms with Crippen LogP contribution in [0, 0.1) is 12.8 Å². The third-order valence-electron chi connectivity index (χ3n) is 2.72. The van der Waals surface area contributed by atoms with Crippen LogP contribution in [0.4, 0.5) is 0 Å². The van der Waals surface area contributed by atoms with Crippen LogP contribution in [-0.2, 0) is 11.3 Å². The number of aliphatic carboxylic acids is 1. The van der Waals surface area contributed by atoms with Crippen LogP contribution in [0.2, 0.25) is 0 Å². The highest BCUT2D eigenvalue weighted by Gasteiger charge is 2.14. The van der Waals surface area contributed by atoms with E-state index >= 15 is 0 Å². The Balaban J connectivity index is 2.52. The van der Waals surface area contributed by atoms with Gasteiger partial charge in [-0.25, -0.2) is 0 Å². The molecule has 0 spiro atoms. The molecule has 1 rings (SSSR count). The fraction of sp³-hybridized carbons (Fsp3) is 0.583. The van der Waals surface area contributed by atoms with Crippen LogP contribution in [0.1, 0.15) is 36.5 Å². The lowest BCUT2D eigenvalue weighted by atomic mass is 10.1. The Kier molecular flexibility index (Phi) is 4.88. The molecule has 1 atom stereocenters. The van der Waals surface area contributed by atoms with Crippen LogP contribution in [0.25, 0.3) is 0 Å². The summed E-state index contributed by atoms with van der Waals surface area (Å²) in [6.07, 6.45) is 0.417. The number of carboxylic acid groups (broad SMARTS) is 1. The largest absolute Gasteiger partial charge is 0.481 e. The summed E-state index contributed by atoms with van der Waals surface area (Å²) in [5.74, 6) is -1.52. The number of amides is 1. The molecule has 0 aliphatic carbocycles. The van der Waals surface area contributed by atoms with E-state index in [2.05, 4.69) is 10.4 Å². The maximum absolute atomic E-state index is 11.9. The van der Waals surface area contributed by atoms with Crippen LogP contribution < -0.4 is 5.32 Å². The van der Waals surface area contributed by atoms with E-state index in [4.69, 9.17) is 5.11 Å². The quantitative estimate of drug-likeness (QED) is 0.793. The number of carbonyl (C=O) groups excluding carboxylic acids is 1. The number of carbonyl (C=O) groups is 2. The Morgan fingerprint density at radius 1 is 1.56 bits per heavy atom. The second-order valence-corrected chi connectivity index (χ2v) is 4.27. The average Bonchev–Trinajstić information content (AvgIpc) is 2.70. The number of aryl methyl sites for hydroxylation is 2. The molecule has 0 fully saturated rings. The minimum atomic E-state index is -0.848. The second kappa shape index (κ2) is 6.18. The minimum Gasteiger partial charge on any atom is -0.481 e. The Morgan fingerprint density at radius 2 is 2.22 bits per heavy atom. The molecule has 0 bridgehead atoms. The van der Waals surface area contributed by atoms with Crippen molar-refractivity contribution in [2.24, 2.45) is 5.92 Å². The Morgan fingerprint density at radius 3 is 2.78 bits per heavy atom. The molecule has 1 aromatic rings. The van der Waals surface area contributed by atoms with Crippen molar-refractivity contribution in [3.05, 3.63) is 17.5 Å². The number of hydrogen-bond donors (Lipinski definition) is 2. The predicted octanol–water partition coefficient (Wildman–Crippen LogP) is 1.05. The first-order valence-corrected chi connectivity index (χ1v) is 6.01. The van der Waals surface area contributed by atoms with Crippen LogP contribution in [0.5, 0.6) is 0 Å². The van der Waals surface area contributed by atoms with E-state index in [0.717, 1.165) is 5.69 Å². The molecule has 2 N–H and O–H groups in total. The van der Waals surface area contributed by atoms with Gasteiger partial charge in [0.05, 0.1) is 11.6 Å². The third kappa shape index (κ3) is 3.58. The van der Waals surface area contributed by atoms with Crippen LogP contribution in [0.3, 0.4) is 0 Å². The lowest BCUT2D eigenvalue weighted by Gasteiger charge is -2.08. The van der Waals surface area contributed by atoms with Crippen LogP contribution >= 0.6 is 0 Å². The average molecular weight is 253 g/mol. The van der Waals surface area contributed by atoms with E-state index in [1.807, 2.05) is 13.8 Å². The number of nitrogens with one attached hydrogen (secondary N) is 1. The number of nitrogens with zero attached hydrogens (tertiary/aromatic N) is 2. The van der Waals surface area contributed by atoms with Gasteiger partial charge < -0.3 is 10.4 Å². The van der Waals surface area contributed by atoms with E-state index in [-0.39, 0.29) is 5.91 Å². The van der Waals surface area contributed by atoms with E-state index in [1.54, 1.807) is 17.7 Å². The molecule has 1 aromatic heterocycles. The molecule has 0 saturated heterocycles. The zero-order valence-corrected chi connectivity index (χ0v) is 10.9. The summed E-state index contributed by atoms with van der Waals surface area (Å²) in [6, 6.07) is 1.72. The van der Waals surface area contributed by atoms with Gasteiger partial charge in [0.1, 0.15) is 5.69 Å². The summed E-state index contributed by atoms with van der Waals surface area (Å²) in [5, 5.41) is 15.6. The first-order chi connectivity index (χ1) is 8.45. The van der Waals surface area contributed by atoms with Gasteiger partial charge in [0.2, 0.25) is 0 Å². The zero-order valence-electron chi connectivity index (χ0n) is 10.9. The molecule has 6 nitrogen and oxygen atoms in total. The molecule has 0 aromatic carbocycles. The maximum Gasteiger partial charge on any atom is 0.306 e. The molecule has 6 heteroatoms. The molecule has 0 aliphatic rings. The number of hydrogen-bond acceptors (Lipinski definition) is 3. The molecule has 0 radical (unpaired) electrons. The first-order valence-electron chi connectivity index (χ1n) is 6.01. The Bertz CT molecular complexity index is 440. The number of aromatic nitrogens is 2. The van der Waals surface area contributed by atoms with Crippen molar-refractivity contribution < 1.29 is 14.7 Å². The van der Waals surface area contributed by atoms with E-state index < -0.39 is 11.9 Å². The summed E-state index contributed by atoms with van der Waals surface area (Å²) in [6.45, 7) is 6.34. The normalized spacial score (nSPS) is 12.2. The van der Waals surface area contributed by atoms with Gasteiger partial charge in [0.15, 0.2) is 0 Å². The molecule has 0 aliphatic heterocycles. The molecule has 100 valence electrons. The minimum absolute atomic E-state index is 0.213. The van der Waals surface area contributed by atoms with Gasteiger partial charge in [-0.15, -0.1) is 0 Å².